The summed E-state index contributed by atoms with van der Waals surface area (Å²) in [5.74, 6) is 1.83. The van der Waals surface area contributed by atoms with Crippen LogP contribution in [0.3, 0.4) is 0 Å². The van der Waals surface area contributed by atoms with Gasteiger partial charge in [-0.3, -0.25) is 4.72 Å². The Bertz CT molecular complexity index is 941. The lowest BCUT2D eigenvalue weighted by atomic mass is 10.2. The second-order valence-corrected chi connectivity index (χ2v) is 8.64. The Morgan fingerprint density at radius 3 is 2.57 bits per heavy atom. The van der Waals surface area contributed by atoms with Crippen LogP contribution in [0.2, 0.25) is 0 Å². The number of aromatic nitrogens is 2. The molecule has 0 amide bonds. The van der Waals surface area contributed by atoms with Crippen molar-refractivity contribution in [2.24, 2.45) is 0 Å². The highest BCUT2D eigenvalue weighted by molar-refractivity contribution is 7.92. The summed E-state index contributed by atoms with van der Waals surface area (Å²) < 4.78 is 33.9. The second-order valence-electron chi connectivity index (χ2n) is 6.96. The predicted molar refractivity (Wildman–Crippen MR) is 111 cm³/mol. The van der Waals surface area contributed by atoms with Crippen LogP contribution in [0.15, 0.2) is 29.3 Å². The number of hydrogen-bond donors (Lipinski definition) is 1. The van der Waals surface area contributed by atoms with Gasteiger partial charge in [0.05, 0.1) is 17.7 Å². The highest BCUT2D eigenvalue weighted by Crippen LogP contribution is 2.28. The van der Waals surface area contributed by atoms with Crippen molar-refractivity contribution in [2.45, 2.75) is 31.6 Å². The normalized spacial score (nSPS) is 14.2. The number of ether oxygens (including phenoxy) is 1. The molecule has 1 aromatic carbocycles. The molecule has 0 bridgehead atoms. The Balaban J connectivity index is 1.90. The van der Waals surface area contributed by atoms with Gasteiger partial charge in [0, 0.05) is 27.2 Å². The largest absolute Gasteiger partial charge is 0.494 e. The maximum absolute atomic E-state index is 12.9. The number of anilines is 3. The zero-order valence-electron chi connectivity index (χ0n) is 16.8. The topological polar surface area (TPSA) is 87.7 Å². The highest BCUT2D eigenvalue weighted by atomic mass is 32.2. The fraction of sp³-hybridized carbons (Fsp3) is 0.474. The molecule has 1 fully saturated rings. The van der Waals surface area contributed by atoms with Crippen LogP contribution in [0.5, 0.6) is 5.75 Å². The van der Waals surface area contributed by atoms with Crippen molar-refractivity contribution in [3.63, 3.8) is 0 Å². The van der Waals surface area contributed by atoms with E-state index >= 15 is 0 Å². The summed E-state index contributed by atoms with van der Waals surface area (Å²) in [6, 6.07) is 4.81. The van der Waals surface area contributed by atoms with E-state index in [9.17, 15) is 8.42 Å². The Morgan fingerprint density at radius 2 is 1.96 bits per heavy atom. The van der Waals surface area contributed by atoms with Crippen LogP contribution < -0.4 is 19.3 Å². The molecule has 152 valence electrons. The van der Waals surface area contributed by atoms with E-state index in [-0.39, 0.29) is 4.90 Å². The van der Waals surface area contributed by atoms with Gasteiger partial charge in [-0.2, -0.15) is 4.98 Å². The molecule has 2 aromatic rings. The van der Waals surface area contributed by atoms with Crippen molar-refractivity contribution in [1.82, 2.24) is 9.97 Å². The maximum Gasteiger partial charge on any atom is 0.262 e. The number of aryl methyl sites for hydroxylation is 1. The van der Waals surface area contributed by atoms with Crippen LogP contribution in [0.1, 0.15) is 25.3 Å². The molecule has 0 unspecified atom stereocenters. The Morgan fingerprint density at radius 1 is 1.25 bits per heavy atom. The van der Waals surface area contributed by atoms with Gasteiger partial charge < -0.3 is 14.5 Å². The van der Waals surface area contributed by atoms with E-state index in [4.69, 9.17) is 4.74 Å². The summed E-state index contributed by atoms with van der Waals surface area (Å²) in [5, 5.41) is 0. The molecular weight excluding hydrogens is 378 g/mol. The van der Waals surface area contributed by atoms with Crippen LogP contribution >= 0.6 is 0 Å². The van der Waals surface area contributed by atoms with Gasteiger partial charge in [0.25, 0.3) is 10.0 Å². The third kappa shape index (κ3) is 4.30. The molecular formula is C19H27N5O3S. The summed E-state index contributed by atoms with van der Waals surface area (Å²) in [6.07, 6.45) is 3.77. The summed E-state index contributed by atoms with van der Waals surface area (Å²) in [7, 11) is -0.125. The van der Waals surface area contributed by atoms with Crippen molar-refractivity contribution in [3.05, 3.63) is 30.0 Å². The maximum atomic E-state index is 12.9. The number of sulfonamides is 1. The fourth-order valence-electron chi connectivity index (χ4n) is 3.16. The number of benzene rings is 1. The standard InChI is InChI=1S/C19H27N5O3S/c1-5-27-17-9-8-15(12-14(17)2)28(25,26)22-16-13-20-19(21-18(16)23(3)4)24-10-6-7-11-24/h8-9,12-13,22H,5-7,10-11H2,1-4H3. The quantitative estimate of drug-likeness (QED) is 0.758. The zero-order valence-corrected chi connectivity index (χ0v) is 17.6. The average molecular weight is 406 g/mol. The molecule has 28 heavy (non-hydrogen) atoms. The average Bonchev–Trinajstić information content (AvgIpc) is 3.18. The Hall–Kier alpha value is -2.55. The Kier molecular flexibility index (Phi) is 5.93. The fourth-order valence-corrected chi connectivity index (χ4v) is 4.29. The van der Waals surface area contributed by atoms with Gasteiger partial charge in [0.2, 0.25) is 5.95 Å². The van der Waals surface area contributed by atoms with E-state index in [0.29, 0.717) is 29.8 Å². The van der Waals surface area contributed by atoms with Crippen molar-refractivity contribution >= 4 is 27.5 Å². The van der Waals surface area contributed by atoms with E-state index in [2.05, 4.69) is 19.6 Å². The van der Waals surface area contributed by atoms with E-state index in [1.54, 1.807) is 17.0 Å². The first-order valence-corrected chi connectivity index (χ1v) is 10.9. The van der Waals surface area contributed by atoms with Crippen LogP contribution in [0.4, 0.5) is 17.5 Å². The minimum Gasteiger partial charge on any atom is -0.494 e. The first-order chi connectivity index (χ1) is 13.3. The molecule has 0 spiro atoms. The van der Waals surface area contributed by atoms with Crippen LogP contribution in [-0.4, -0.2) is 52.2 Å². The molecule has 1 N–H and O–H groups in total. The first-order valence-electron chi connectivity index (χ1n) is 9.37. The molecule has 2 heterocycles. The summed E-state index contributed by atoms with van der Waals surface area (Å²) in [4.78, 5) is 13.0. The molecule has 1 saturated heterocycles. The van der Waals surface area contributed by atoms with Gasteiger partial charge in [-0.1, -0.05) is 0 Å². The molecule has 0 atom stereocenters. The molecule has 1 aromatic heterocycles. The van der Waals surface area contributed by atoms with Crippen LogP contribution in [-0.2, 0) is 10.0 Å². The van der Waals surface area contributed by atoms with Gasteiger partial charge >= 0.3 is 0 Å². The van der Waals surface area contributed by atoms with Gasteiger partial charge in [-0.15, -0.1) is 0 Å². The minimum absolute atomic E-state index is 0.168. The molecule has 9 heteroatoms. The minimum atomic E-state index is -3.78. The van der Waals surface area contributed by atoms with Crippen molar-refractivity contribution < 1.29 is 13.2 Å². The predicted octanol–water partition coefficient (Wildman–Crippen LogP) is 2.65. The molecule has 0 aliphatic carbocycles. The van der Waals surface area contributed by atoms with Gasteiger partial charge in [0.1, 0.15) is 11.4 Å². The SMILES string of the molecule is CCOc1ccc(S(=O)(=O)Nc2cnc(N3CCCC3)nc2N(C)C)cc1C. The zero-order chi connectivity index (χ0) is 20.3. The van der Waals surface area contributed by atoms with Crippen molar-refractivity contribution in [3.8, 4) is 5.75 Å². The molecule has 8 nitrogen and oxygen atoms in total. The van der Waals surface area contributed by atoms with Crippen LogP contribution in [0, 0.1) is 6.92 Å². The van der Waals surface area contributed by atoms with Crippen molar-refractivity contribution in [2.75, 3.05) is 48.3 Å². The number of rotatable bonds is 7. The first kappa shape index (κ1) is 20.2. The van der Waals surface area contributed by atoms with Gasteiger partial charge in [0.15, 0.2) is 5.82 Å². The van der Waals surface area contributed by atoms with E-state index in [1.807, 2.05) is 27.9 Å². The Labute approximate surface area is 166 Å². The molecule has 1 aliphatic rings. The van der Waals surface area contributed by atoms with Gasteiger partial charge in [-0.25, -0.2) is 13.4 Å². The summed E-state index contributed by atoms with van der Waals surface area (Å²) in [6.45, 7) is 6.08. The third-order valence-corrected chi connectivity index (χ3v) is 5.93. The molecule has 0 radical (unpaired) electrons. The van der Waals surface area contributed by atoms with Crippen molar-refractivity contribution in [1.29, 1.82) is 0 Å². The second kappa shape index (κ2) is 8.22. The number of hydrogen-bond acceptors (Lipinski definition) is 7. The number of nitrogens with one attached hydrogen (secondary N) is 1. The molecule has 3 rings (SSSR count). The van der Waals surface area contributed by atoms with Crippen LogP contribution in [0.25, 0.3) is 0 Å². The molecule has 0 saturated carbocycles. The monoisotopic (exact) mass is 405 g/mol. The lowest BCUT2D eigenvalue weighted by Crippen LogP contribution is -2.24. The molecule has 1 aliphatic heterocycles. The summed E-state index contributed by atoms with van der Waals surface area (Å²) in [5.41, 5.74) is 1.11. The smallest absolute Gasteiger partial charge is 0.262 e. The van der Waals surface area contributed by atoms with E-state index in [0.717, 1.165) is 31.5 Å². The summed E-state index contributed by atoms with van der Waals surface area (Å²) >= 11 is 0. The van der Waals surface area contributed by atoms with E-state index in [1.165, 1.54) is 12.3 Å². The third-order valence-electron chi connectivity index (χ3n) is 4.57. The van der Waals surface area contributed by atoms with Gasteiger partial charge in [-0.05, 0) is 50.5 Å². The lowest BCUT2D eigenvalue weighted by molar-refractivity contribution is 0.337. The lowest BCUT2D eigenvalue weighted by Gasteiger charge is -2.21. The highest BCUT2D eigenvalue weighted by Gasteiger charge is 2.22. The van der Waals surface area contributed by atoms with E-state index < -0.39 is 10.0 Å². The number of nitrogens with zero attached hydrogens (tertiary/aromatic N) is 4.